The molecule has 3 N–H and O–H groups in total. The Morgan fingerprint density at radius 3 is 2.72 bits per heavy atom. The number of ether oxygens (including phenoxy) is 1. The van der Waals surface area contributed by atoms with Crippen LogP contribution in [0.15, 0.2) is 12.1 Å². The number of halogens is 2. The van der Waals surface area contributed by atoms with Gasteiger partial charge in [-0.2, -0.15) is 0 Å². The summed E-state index contributed by atoms with van der Waals surface area (Å²) in [7, 11) is 0. The molecule has 0 radical (unpaired) electrons. The number of nitrogen functional groups attached to an aromatic ring is 1. The number of hydrogen-bond acceptors (Lipinski definition) is 3. The Bertz CT molecular complexity index is 436. The van der Waals surface area contributed by atoms with Gasteiger partial charge in [0.05, 0.1) is 18.4 Å². The molecule has 18 heavy (non-hydrogen) atoms. The van der Waals surface area contributed by atoms with Crippen molar-refractivity contribution in [1.82, 2.24) is 5.32 Å². The number of anilines is 1. The van der Waals surface area contributed by atoms with E-state index in [1.54, 1.807) is 0 Å². The second-order valence-electron chi connectivity index (χ2n) is 4.00. The van der Waals surface area contributed by atoms with Crippen LogP contribution in [0.2, 0.25) is 0 Å². The highest BCUT2D eigenvalue weighted by atomic mass is 19.1. The van der Waals surface area contributed by atoms with Crippen LogP contribution in [0.3, 0.4) is 0 Å². The smallest absolute Gasteiger partial charge is 0.257 e. The van der Waals surface area contributed by atoms with E-state index in [0.717, 1.165) is 12.1 Å². The normalized spacial score (nSPS) is 10.7. The molecule has 0 heterocycles. The molecule has 0 unspecified atom stereocenters. The first-order valence-corrected chi connectivity index (χ1v) is 5.56. The van der Waals surface area contributed by atoms with Gasteiger partial charge in [-0.1, -0.05) is 0 Å². The predicted molar refractivity (Wildman–Crippen MR) is 64.2 cm³/mol. The van der Waals surface area contributed by atoms with Gasteiger partial charge in [0.25, 0.3) is 5.91 Å². The van der Waals surface area contributed by atoms with E-state index < -0.39 is 23.1 Å². The maximum Gasteiger partial charge on any atom is 0.257 e. The molecule has 1 rings (SSSR count). The SMILES string of the molecule is CC(C)OCCNC(=O)c1c(F)ccc(N)c1F. The van der Waals surface area contributed by atoms with E-state index in [4.69, 9.17) is 10.5 Å². The molecule has 1 aromatic rings. The number of rotatable bonds is 5. The highest BCUT2D eigenvalue weighted by Crippen LogP contribution is 2.18. The topological polar surface area (TPSA) is 64.3 Å². The van der Waals surface area contributed by atoms with Crippen molar-refractivity contribution in [2.75, 3.05) is 18.9 Å². The Morgan fingerprint density at radius 2 is 2.11 bits per heavy atom. The molecule has 0 bridgehead atoms. The van der Waals surface area contributed by atoms with Crippen molar-refractivity contribution in [3.05, 3.63) is 29.3 Å². The second kappa shape index (κ2) is 6.30. The summed E-state index contributed by atoms with van der Waals surface area (Å²) >= 11 is 0. The lowest BCUT2D eigenvalue weighted by Gasteiger charge is -2.10. The summed E-state index contributed by atoms with van der Waals surface area (Å²) in [4.78, 5) is 11.6. The van der Waals surface area contributed by atoms with E-state index in [2.05, 4.69) is 5.32 Å². The number of hydrogen-bond donors (Lipinski definition) is 2. The van der Waals surface area contributed by atoms with Gasteiger partial charge in [0, 0.05) is 6.54 Å². The Hall–Kier alpha value is -1.69. The maximum atomic E-state index is 13.5. The molecular weight excluding hydrogens is 242 g/mol. The van der Waals surface area contributed by atoms with E-state index in [-0.39, 0.29) is 24.9 Å². The van der Waals surface area contributed by atoms with E-state index in [1.807, 2.05) is 13.8 Å². The zero-order chi connectivity index (χ0) is 13.7. The van der Waals surface area contributed by atoms with Gasteiger partial charge in [-0.05, 0) is 26.0 Å². The van der Waals surface area contributed by atoms with Crippen molar-refractivity contribution in [2.24, 2.45) is 0 Å². The lowest BCUT2D eigenvalue weighted by Crippen LogP contribution is -2.29. The molecule has 4 nitrogen and oxygen atoms in total. The quantitative estimate of drug-likeness (QED) is 0.624. The molecule has 0 aliphatic heterocycles. The molecule has 0 atom stereocenters. The molecule has 0 aromatic heterocycles. The predicted octanol–water partition coefficient (Wildman–Crippen LogP) is 1.70. The minimum Gasteiger partial charge on any atom is -0.396 e. The number of amides is 1. The summed E-state index contributed by atoms with van der Waals surface area (Å²) in [5, 5.41) is 2.36. The van der Waals surface area contributed by atoms with Crippen molar-refractivity contribution >= 4 is 11.6 Å². The third kappa shape index (κ3) is 3.66. The van der Waals surface area contributed by atoms with Gasteiger partial charge in [0.2, 0.25) is 0 Å². The molecule has 0 aliphatic carbocycles. The van der Waals surface area contributed by atoms with Crippen LogP contribution < -0.4 is 11.1 Å². The van der Waals surface area contributed by atoms with Crippen molar-refractivity contribution in [3.63, 3.8) is 0 Å². The van der Waals surface area contributed by atoms with Gasteiger partial charge in [0.1, 0.15) is 11.4 Å². The standard InChI is InChI=1S/C12H16F2N2O2/c1-7(2)18-6-5-16-12(17)10-8(13)3-4-9(15)11(10)14/h3-4,7H,5-6,15H2,1-2H3,(H,16,17). The molecule has 1 amide bonds. The van der Waals surface area contributed by atoms with Crippen LogP contribution in [0.4, 0.5) is 14.5 Å². The Kier molecular flexibility index (Phi) is 5.03. The molecule has 100 valence electrons. The Balaban J connectivity index is 2.65. The first kappa shape index (κ1) is 14.4. The summed E-state index contributed by atoms with van der Waals surface area (Å²) in [6, 6.07) is 2.03. The molecule has 6 heteroatoms. The first-order chi connectivity index (χ1) is 8.43. The van der Waals surface area contributed by atoms with Crippen molar-refractivity contribution in [2.45, 2.75) is 20.0 Å². The van der Waals surface area contributed by atoms with Crippen LogP contribution in [-0.4, -0.2) is 25.2 Å². The van der Waals surface area contributed by atoms with Crippen LogP contribution in [0.1, 0.15) is 24.2 Å². The molecule has 1 aromatic carbocycles. The molecule has 0 fully saturated rings. The number of carbonyl (C=O) groups is 1. The van der Waals surface area contributed by atoms with Gasteiger partial charge in [-0.15, -0.1) is 0 Å². The van der Waals surface area contributed by atoms with Crippen LogP contribution in [0.25, 0.3) is 0 Å². The average molecular weight is 258 g/mol. The molecule has 0 saturated heterocycles. The van der Waals surface area contributed by atoms with Crippen LogP contribution >= 0.6 is 0 Å². The molecular formula is C12H16F2N2O2. The van der Waals surface area contributed by atoms with Crippen LogP contribution in [0, 0.1) is 11.6 Å². The van der Waals surface area contributed by atoms with Crippen molar-refractivity contribution in [1.29, 1.82) is 0 Å². The van der Waals surface area contributed by atoms with E-state index in [9.17, 15) is 13.6 Å². The van der Waals surface area contributed by atoms with Gasteiger partial charge < -0.3 is 15.8 Å². The summed E-state index contributed by atoms with van der Waals surface area (Å²) in [5.74, 6) is -2.83. The minimum atomic E-state index is -1.04. The van der Waals surface area contributed by atoms with Gasteiger partial charge in [-0.25, -0.2) is 8.78 Å². The third-order valence-corrected chi connectivity index (χ3v) is 2.19. The lowest BCUT2D eigenvalue weighted by atomic mass is 10.1. The number of benzene rings is 1. The van der Waals surface area contributed by atoms with Crippen molar-refractivity contribution in [3.8, 4) is 0 Å². The van der Waals surface area contributed by atoms with E-state index in [1.165, 1.54) is 0 Å². The second-order valence-corrected chi connectivity index (χ2v) is 4.00. The third-order valence-electron chi connectivity index (χ3n) is 2.19. The summed E-state index contributed by atoms with van der Waals surface area (Å²) in [5.41, 5.74) is 4.34. The number of nitrogens with two attached hydrogens (primary N) is 1. The fraction of sp³-hybridized carbons (Fsp3) is 0.417. The van der Waals surface area contributed by atoms with E-state index in [0.29, 0.717) is 0 Å². The summed E-state index contributed by atoms with van der Waals surface area (Å²) in [6.07, 6.45) is 0.0303. The highest BCUT2D eigenvalue weighted by molar-refractivity contribution is 5.95. The Morgan fingerprint density at radius 1 is 1.44 bits per heavy atom. The molecule has 0 aliphatic rings. The summed E-state index contributed by atoms with van der Waals surface area (Å²) < 4.78 is 32.0. The maximum absolute atomic E-state index is 13.5. The largest absolute Gasteiger partial charge is 0.396 e. The zero-order valence-corrected chi connectivity index (χ0v) is 10.3. The van der Waals surface area contributed by atoms with Gasteiger partial charge >= 0.3 is 0 Å². The fourth-order valence-electron chi connectivity index (χ4n) is 1.32. The number of nitrogens with one attached hydrogen (secondary N) is 1. The zero-order valence-electron chi connectivity index (χ0n) is 10.3. The summed E-state index contributed by atoms with van der Waals surface area (Å²) in [6.45, 7) is 4.14. The van der Waals surface area contributed by atoms with Crippen LogP contribution in [-0.2, 0) is 4.74 Å². The monoisotopic (exact) mass is 258 g/mol. The van der Waals surface area contributed by atoms with Gasteiger partial charge in [0.15, 0.2) is 5.82 Å². The molecule has 0 spiro atoms. The number of carbonyl (C=O) groups excluding carboxylic acids is 1. The van der Waals surface area contributed by atoms with Crippen LogP contribution in [0.5, 0.6) is 0 Å². The van der Waals surface area contributed by atoms with Crippen molar-refractivity contribution < 1.29 is 18.3 Å². The minimum absolute atomic E-state index is 0.0303. The average Bonchev–Trinajstić information content (AvgIpc) is 2.30. The Labute approximate surface area is 104 Å². The first-order valence-electron chi connectivity index (χ1n) is 5.56. The highest BCUT2D eigenvalue weighted by Gasteiger charge is 2.19. The van der Waals surface area contributed by atoms with Gasteiger partial charge in [-0.3, -0.25) is 4.79 Å². The lowest BCUT2D eigenvalue weighted by molar-refractivity contribution is 0.0743. The molecule has 0 saturated carbocycles. The van der Waals surface area contributed by atoms with E-state index >= 15 is 0 Å². The fourth-order valence-corrected chi connectivity index (χ4v) is 1.32.